The van der Waals surface area contributed by atoms with Crippen LogP contribution in [-0.4, -0.2) is 30.4 Å². The molecule has 3 aromatic rings. The molecule has 1 unspecified atom stereocenters. The highest BCUT2D eigenvalue weighted by Gasteiger charge is 2.17. The predicted octanol–water partition coefficient (Wildman–Crippen LogP) is 7.17. The summed E-state index contributed by atoms with van der Waals surface area (Å²) < 4.78 is 11.1. The Hall–Kier alpha value is -3.37. The minimum absolute atomic E-state index is 0.154. The minimum atomic E-state index is -0.945. The van der Waals surface area contributed by atoms with Gasteiger partial charge in [0.15, 0.2) is 6.10 Å². The molecule has 0 bridgehead atoms. The van der Waals surface area contributed by atoms with Gasteiger partial charge in [0.2, 0.25) is 0 Å². The number of benzene rings is 3. The zero-order valence-electron chi connectivity index (χ0n) is 21.4. The van der Waals surface area contributed by atoms with Crippen molar-refractivity contribution in [2.24, 2.45) is 0 Å². The van der Waals surface area contributed by atoms with Crippen LogP contribution < -0.4 is 4.74 Å². The van der Waals surface area contributed by atoms with Crippen LogP contribution in [0.5, 0.6) is 5.75 Å². The van der Waals surface area contributed by atoms with E-state index in [9.17, 15) is 9.90 Å². The monoisotopic (exact) mass is 472 g/mol. The molecule has 0 amide bonds. The molecule has 0 aromatic heterocycles. The number of hydrogen-bond acceptors (Lipinski definition) is 3. The van der Waals surface area contributed by atoms with Crippen LogP contribution in [0.1, 0.15) is 51.3 Å². The van der Waals surface area contributed by atoms with Crippen molar-refractivity contribution in [1.29, 1.82) is 0 Å². The Bertz CT molecular complexity index is 1120. The second-order valence-corrected chi connectivity index (χ2v) is 9.73. The smallest absolute Gasteiger partial charge is 0.333 e. The van der Waals surface area contributed by atoms with Gasteiger partial charge in [-0.1, -0.05) is 81.4 Å². The first kappa shape index (κ1) is 26.2. The zero-order chi connectivity index (χ0) is 25.4. The fourth-order valence-corrected chi connectivity index (χ4v) is 3.82. The quantitative estimate of drug-likeness (QED) is 0.340. The van der Waals surface area contributed by atoms with Crippen molar-refractivity contribution in [3.8, 4) is 16.9 Å². The molecule has 3 aromatic carbocycles. The average molecular weight is 473 g/mol. The summed E-state index contributed by atoms with van der Waals surface area (Å²) in [6.45, 7) is 11.4. The molecule has 4 heteroatoms. The summed E-state index contributed by atoms with van der Waals surface area (Å²) in [5.41, 5.74) is 7.12. The van der Waals surface area contributed by atoms with Crippen LogP contribution in [0.15, 0.2) is 78.9 Å². The Balaban J connectivity index is 1.56. The molecule has 0 saturated carbocycles. The Kier molecular flexibility index (Phi) is 8.89. The van der Waals surface area contributed by atoms with Gasteiger partial charge in [-0.05, 0) is 70.9 Å². The van der Waals surface area contributed by atoms with E-state index in [0.29, 0.717) is 19.6 Å². The van der Waals surface area contributed by atoms with Crippen molar-refractivity contribution in [1.82, 2.24) is 0 Å². The molecule has 0 fully saturated rings. The molecule has 0 heterocycles. The predicted molar refractivity (Wildman–Crippen MR) is 143 cm³/mol. The van der Waals surface area contributed by atoms with Crippen molar-refractivity contribution in [2.45, 2.75) is 52.6 Å². The topological polar surface area (TPSA) is 55.8 Å². The Labute approximate surface area is 209 Å². The van der Waals surface area contributed by atoms with Gasteiger partial charge in [-0.2, -0.15) is 0 Å². The Morgan fingerprint density at radius 3 is 2.00 bits per heavy atom. The minimum Gasteiger partial charge on any atom is -0.490 e. The van der Waals surface area contributed by atoms with Gasteiger partial charge in [0.1, 0.15) is 12.4 Å². The normalized spacial score (nSPS) is 12.9. The highest BCUT2D eigenvalue weighted by molar-refractivity contribution is 5.73. The molecular formula is C31H36O4. The molecule has 4 nitrogen and oxygen atoms in total. The van der Waals surface area contributed by atoms with Gasteiger partial charge in [-0.3, -0.25) is 0 Å². The third-order valence-electron chi connectivity index (χ3n) is 6.05. The molecule has 1 N–H and O–H groups in total. The molecule has 3 rings (SSSR count). The molecular weight excluding hydrogens is 436 g/mol. The van der Waals surface area contributed by atoms with E-state index in [1.807, 2.05) is 24.3 Å². The lowest BCUT2D eigenvalue weighted by Crippen LogP contribution is -2.26. The number of allylic oxidation sites excluding steroid dienone is 1. The van der Waals surface area contributed by atoms with E-state index in [0.717, 1.165) is 22.4 Å². The SMILES string of the molecule is CCOC(Cc1ccc(OCC=C(C)c2ccc(-c3ccc(C(C)(C)C)cc3)cc2)cc1)C(=O)O. The first-order valence-corrected chi connectivity index (χ1v) is 12.1. The van der Waals surface area contributed by atoms with Crippen molar-refractivity contribution in [2.75, 3.05) is 13.2 Å². The molecule has 0 aliphatic heterocycles. The van der Waals surface area contributed by atoms with Crippen LogP contribution in [0.3, 0.4) is 0 Å². The molecule has 184 valence electrons. The van der Waals surface area contributed by atoms with Crippen LogP contribution in [0.2, 0.25) is 0 Å². The van der Waals surface area contributed by atoms with Gasteiger partial charge in [0.05, 0.1) is 0 Å². The van der Waals surface area contributed by atoms with Gasteiger partial charge in [-0.25, -0.2) is 4.79 Å². The largest absolute Gasteiger partial charge is 0.490 e. The van der Waals surface area contributed by atoms with Gasteiger partial charge < -0.3 is 14.6 Å². The number of carboxylic acid groups (broad SMARTS) is 1. The van der Waals surface area contributed by atoms with Crippen LogP contribution in [-0.2, 0) is 21.4 Å². The second kappa shape index (κ2) is 11.9. The van der Waals surface area contributed by atoms with Crippen LogP contribution in [0, 0.1) is 0 Å². The van der Waals surface area contributed by atoms with Crippen molar-refractivity contribution < 1.29 is 19.4 Å². The number of carbonyl (C=O) groups is 1. The lowest BCUT2D eigenvalue weighted by atomic mass is 9.86. The van der Waals surface area contributed by atoms with E-state index in [-0.39, 0.29) is 5.41 Å². The van der Waals surface area contributed by atoms with E-state index in [1.165, 1.54) is 16.7 Å². The van der Waals surface area contributed by atoms with Crippen LogP contribution >= 0.6 is 0 Å². The number of hydrogen-bond donors (Lipinski definition) is 1. The highest BCUT2D eigenvalue weighted by atomic mass is 16.5. The summed E-state index contributed by atoms with van der Waals surface area (Å²) in [4.78, 5) is 11.3. The zero-order valence-corrected chi connectivity index (χ0v) is 21.4. The second-order valence-electron chi connectivity index (χ2n) is 9.73. The summed E-state index contributed by atoms with van der Waals surface area (Å²) >= 11 is 0. The fraction of sp³-hybridized carbons (Fsp3) is 0.323. The molecule has 0 saturated heterocycles. The molecule has 35 heavy (non-hydrogen) atoms. The summed E-state index contributed by atoms with van der Waals surface area (Å²) in [5, 5.41) is 9.24. The highest BCUT2D eigenvalue weighted by Crippen LogP contribution is 2.27. The maximum atomic E-state index is 11.3. The van der Waals surface area contributed by atoms with E-state index in [4.69, 9.17) is 9.47 Å². The van der Waals surface area contributed by atoms with Gasteiger partial charge >= 0.3 is 5.97 Å². The summed E-state index contributed by atoms with van der Waals surface area (Å²) in [6.07, 6.45) is 1.57. The number of rotatable bonds is 10. The third-order valence-corrected chi connectivity index (χ3v) is 6.05. The van der Waals surface area contributed by atoms with Crippen LogP contribution in [0.25, 0.3) is 16.7 Å². The summed E-state index contributed by atoms with van der Waals surface area (Å²) in [7, 11) is 0. The molecule has 0 radical (unpaired) electrons. The maximum Gasteiger partial charge on any atom is 0.333 e. The van der Waals surface area contributed by atoms with E-state index >= 15 is 0 Å². The molecule has 0 aliphatic carbocycles. The number of aliphatic carboxylic acids is 1. The lowest BCUT2D eigenvalue weighted by molar-refractivity contribution is -0.149. The van der Waals surface area contributed by atoms with Crippen molar-refractivity contribution >= 4 is 11.5 Å². The maximum absolute atomic E-state index is 11.3. The van der Waals surface area contributed by atoms with Crippen molar-refractivity contribution in [3.63, 3.8) is 0 Å². The average Bonchev–Trinajstić information content (AvgIpc) is 2.84. The van der Waals surface area contributed by atoms with Gasteiger partial charge in [0, 0.05) is 13.0 Å². The van der Waals surface area contributed by atoms with Crippen molar-refractivity contribution in [3.05, 3.63) is 95.6 Å². The molecule has 0 aliphatic rings. The summed E-state index contributed by atoms with van der Waals surface area (Å²) in [5.74, 6) is -0.200. The number of carboxylic acids is 1. The Morgan fingerprint density at radius 2 is 1.49 bits per heavy atom. The van der Waals surface area contributed by atoms with E-state index in [2.05, 4.69) is 82.3 Å². The standard InChI is InChI=1S/C31H36O4/c1-6-34-29(30(32)33)21-23-7-17-28(18-8-23)35-20-19-22(2)24-9-11-25(12-10-24)26-13-15-27(16-14-26)31(3,4)5/h7-19,29H,6,20-21H2,1-5H3,(H,32,33). The number of ether oxygens (including phenoxy) is 2. The summed E-state index contributed by atoms with van der Waals surface area (Å²) in [6, 6.07) is 24.9. The lowest BCUT2D eigenvalue weighted by Gasteiger charge is -2.19. The van der Waals surface area contributed by atoms with Gasteiger partial charge in [0.25, 0.3) is 0 Å². The van der Waals surface area contributed by atoms with Gasteiger partial charge in [-0.15, -0.1) is 0 Å². The van der Waals surface area contributed by atoms with E-state index in [1.54, 1.807) is 6.92 Å². The first-order chi connectivity index (χ1) is 16.7. The van der Waals surface area contributed by atoms with E-state index < -0.39 is 12.1 Å². The molecule has 1 atom stereocenters. The Morgan fingerprint density at radius 1 is 0.914 bits per heavy atom. The first-order valence-electron chi connectivity index (χ1n) is 12.1. The third kappa shape index (κ3) is 7.56. The fourth-order valence-electron chi connectivity index (χ4n) is 3.82. The molecule has 0 spiro atoms. The van der Waals surface area contributed by atoms with Crippen LogP contribution in [0.4, 0.5) is 0 Å².